The molecule has 1 atom stereocenters. The van der Waals surface area contributed by atoms with Crippen LogP contribution in [-0.4, -0.2) is 5.78 Å². The lowest BCUT2D eigenvalue weighted by molar-refractivity contribution is -0.119. The molecule has 1 saturated carbocycles. The maximum atomic E-state index is 12.3. The second-order valence-corrected chi connectivity index (χ2v) is 9.91. The normalized spacial score (nSPS) is 17.4. The number of Topliss-reactive ketones (excluding diaryl/α,β-unsaturated/α-hetero) is 1. The molecule has 2 nitrogen and oxygen atoms in total. The van der Waals surface area contributed by atoms with Gasteiger partial charge in [-0.2, -0.15) is 0 Å². The Labute approximate surface area is 189 Å². The highest BCUT2D eigenvalue weighted by atomic mass is 16.5. The largest absolute Gasteiger partial charge is 0.489 e. The lowest BCUT2D eigenvalue weighted by Crippen LogP contribution is -2.18. The summed E-state index contributed by atoms with van der Waals surface area (Å²) in [5.74, 6) is 1.65. The summed E-state index contributed by atoms with van der Waals surface area (Å²) in [5, 5.41) is 0. The number of carbonyl (C=O) groups is 1. The van der Waals surface area contributed by atoms with E-state index < -0.39 is 0 Å². The van der Waals surface area contributed by atoms with Crippen molar-refractivity contribution in [3.8, 4) is 5.75 Å². The average molecular weight is 421 g/mol. The second kappa shape index (κ2) is 11.5. The summed E-state index contributed by atoms with van der Waals surface area (Å²) >= 11 is 0. The standard InChI is InChI=1S/C29H40O2/c1-4-5-6-12-19-29(2,3)25-17-18-27(24-15-10-11-16-26(30)20-24)28(21-25)31-22-23-13-8-7-9-14-23/h7-9,13-14,17-18,21,24H,4-6,10-12,15-16,19-20,22H2,1-3H3. The van der Waals surface area contributed by atoms with Crippen molar-refractivity contribution in [1.82, 2.24) is 0 Å². The number of benzene rings is 2. The summed E-state index contributed by atoms with van der Waals surface area (Å²) in [6.45, 7) is 7.53. The van der Waals surface area contributed by atoms with Crippen molar-refractivity contribution < 1.29 is 9.53 Å². The van der Waals surface area contributed by atoms with Crippen LogP contribution in [0.2, 0.25) is 0 Å². The number of ether oxygens (including phenoxy) is 1. The van der Waals surface area contributed by atoms with Crippen molar-refractivity contribution in [2.45, 2.75) is 103 Å². The molecule has 0 spiro atoms. The van der Waals surface area contributed by atoms with Crippen LogP contribution >= 0.6 is 0 Å². The molecule has 0 aliphatic heterocycles. The highest BCUT2D eigenvalue weighted by molar-refractivity contribution is 5.79. The van der Waals surface area contributed by atoms with Gasteiger partial charge in [-0.25, -0.2) is 0 Å². The van der Waals surface area contributed by atoms with Crippen molar-refractivity contribution in [3.63, 3.8) is 0 Å². The van der Waals surface area contributed by atoms with Gasteiger partial charge in [-0.05, 0) is 53.4 Å². The van der Waals surface area contributed by atoms with Crippen LogP contribution in [0.1, 0.15) is 108 Å². The Morgan fingerprint density at radius 3 is 2.58 bits per heavy atom. The first-order valence-electron chi connectivity index (χ1n) is 12.3. The Hall–Kier alpha value is -2.09. The molecule has 1 aliphatic rings. The second-order valence-electron chi connectivity index (χ2n) is 9.91. The van der Waals surface area contributed by atoms with Gasteiger partial charge >= 0.3 is 0 Å². The van der Waals surface area contributed by atoms with E-state index in [1.165, 1.54) is 48.8 Å². The number of hydrogen-bond donors (Lipinski definition) is 0. The monoisotopic (exact) mass is 420 g/mol. The van der Waals surface area contributed by atoms with Gasteiger partial charge in [0.05, 0.1) is 0 Å². The fourth-order valence-corrected chi connectivity index (χ4v) is 4.75. The molecule has 0 radical (unpaired) electrons. The van der Waals surface area contributed by atoms with E-state index in [9.17, 15) is 4.79 Å². The fraction of sp³-hybridized carbons (Fsp3) is 0.552. The topological polar surface area (TPSA) is 26.3 Å². The van der Waals surface area contributed by atoms with Gasteiger partial charge < -0.3 is 4.74 Å². The van der Waals surface area contributed by atoms with E-state index in [1.807, 2.05) is 6.07 Å². The van der Waals surface area contributed by atoms with E-state index in [0.717, 1.165) is 31.4 Å². The fourth-order valence-electron chi connectivity index (χ4n) is 4.75. The molecule has 2 aromatic carbocycles. The van der Waals surface area contributed by atoms with E-state index in [1.54, 1.807) is 0 Å². The molecule has 1 fully saturated rings. The number of rotatable bonds is 10. The van der Waals surface area contributed by atoms with Crippen LogP contribution in [0.25, 0.3) is 0 Å². The Balaban J connectivity index is 1.84. The first kappa shape index (κ1) is 23.6. The van der Waals surface area contributed by atoms with E-state index in [4.69, 9.17) is 4.74 Å². The summed E-state index contributed by atoms with van der Waals surface area (Å²) in [4.78, 5) is 12.3. The Kier molecular flexibility index (Phi) is 8.75. The molecule has 0 aromatic heterocycles. The third kappa shape index (κ3) is 6.95. The van der Waals surface area contributed by atoms with Crippen molar-refractivity contribution >= 4 is 5.78 Å². The van der Waals surface area contributed by atoms with E-state index in [0.29, 0.717) is 18.8 Å². The van der Waals surface area contributed by atoms with Crippen molar-refractivity contribution in [2.24, 2.45) is 0 Å². The minimum absolute atomic E-state index is 0.121. The highest BCUT2D eigenvalue weighted by Gasteiger charge is 2.26. The van der Waals surface area contributed by atoms with Crippen LogP contribution < -0.4 is 4.74 Å². The van der Waals surface area contributed by atoms with Crippen LogP contribution in [0.5, 0.6) is 5.75 Å². The predicted molar refractivity (Wildman–Crippen MR) is 130 cm³/mol. The zero-order valence-corrected chi connectivity index (χ0v) is 19.8. The number of ketones is 1. The SMILES string of the molecule is CCCCCCC(C)(C)c1ccc(C2CCCCC(=O)C2)c(OCc2ccccc2)c1. The molecule has 0 saturated heterocycles. The lowest BCUT2D eigenvalue weighted by Gasteiger charge is -2.28. The van der Waals surface area contributed by atoms with E-state index in [-0.39, 0.29) is 11.3 Å². The van der Waals surface area contributed by atoms with Gasteiger partial charge in [0.25, 0.3) is 0 Å². The molecule has 0 heterocycles. The number of carbonyl (C=O) groups excluding carboxylic acids is 1. The summed E-state index contributed by atoms with van der Waals surface area (Å²) in [6.07, 6.45) is 11.0. The van der Waals surface area contributed by atoms with Gasteiger partial charge in [0, 0.05) is 12.8 Å². The van der Waals surface area contributed by atoms with Crippen molar-refractivity contribution in [2.75, 3.05) is 0 Å². The Morgan fingerprint density at radius 1 is 1.00 bits per heavy atom. The minimum atomic E-state index is 0.121. The molecule has 168 valence electrons. The van der Waals surface area contributed by atoms with Crippen LogP contribution in [0, 0.1) is 0 Å². The molecule has 1 unspecified atom stereocenters. The zero-order valence-electron chi connectivity index (χ0n) is 19.8. The van der Waals surface area contributed by atoms with Crippen LogP contribution in [0.15, 0.2) is 48.5 Å². The summed E-state index contributed by atoms with van der Waals surface area (Å²) in [5.41, 5.74) is 3.86. The zero-order chi connectivity index (χ0) is 22.1. The summed E-state index contributed by atoms with van der Waals surface area (Å²) in [7, 11) is 0. The van der Waals surface area contributed by atoms with Gasteiger partial charge in [0.2, 0.25) is 0 Å². The van der Waals surface area contributed by atoms with Crippen LogP contribution in [0.4, 0.5) is 0 Å². The molecule has 0 amide bonds. The molecule has 31 heavy (non-hydrogen) atoms. The third-order valence-corrected chi connectivity index (χ3v) is 6.86. The molecule has 0 bridgehead atoms. The molecule has 3 rings (SSSR count). The highest BCUT2D eigenvalue weighted by Crippen LogP contribution is 2.39. The van der Waals surface area contributed by atoms with Crippen molar-refractivity contribution in [3.05, 3.63) is 65.2 Å². The van der Waals surface area contributed by atoms with Crippen LogP contribution in [0.3, 0.4) is 0 Å². The smallest absolute Gasteiger partial charge is 0.133 e. The predicted octanol–water partition coefficient (Wildman–Crippen LogP) is 8.13. The van der Waals surface area contributed by atoms with Gasteiger partial charge in [0.15, 0.2) is 0 Å². The Morgan fingerprint density at radius 2 is 1.81 bits per heavy atom. The first-order valence-corrected chi connectivity index (χ1v) is 12.3. The minimum Gasteiger partial charge on any atom is -0.489 e. The molecule has 1 aliphatic carbocycles. The summed E-state index contributed by atoms with van der Waals surface area (Å²) in [6, 6.07) is 17.2. The number of hydrogen-bond acceptors (Lipinski definition) is 2. The number of unbranched alkanes of at least 4 members (excludes halogenated alkanes) is 3. The maximum absolute atomic E-state index is 12.3. The Bertz CT molecular complexity index is 822. The average Bonchev–Trinajstić information content (AvgIpc) is 3.00. The van der Waals surface area contributed by atoms with Gasteiger partial charge in [-0.15, -0.1) is 0 Å². The first-order chi connectivity index (χ1) is 15.0. The molecule has 0 N–H and O–H groups in total. The van der Waals surface area contributed by atoms with E-state index in [2.05, 4.69) is 63.2 Å². The lowest BCUT2D eigenvalue weighted by atomic mass is 9.78. The van der Waals surface area contributed by atoms with Gasteiger partial charge in [0.1, 0.15) is 18.1 Å². The molecule has 2 heteroatoms. The van der Waals surface area contributed by atoms with Gasteiger partial charge in [-0.1, -0.05) is 95.3 Å². The molecular weight excluding hydrogens is 380 g/mol. The third-order valence-electron chi connectivity index (χ3n) is 6.86. The van der Waals surface area contributed by atoms with Gasteiger partial charge in [-0.3, -0.25) is 4.79 Å². The van der Waals surface area contributed by atoms with Crippen LogP contribution in [-0.2, 0) is 16.8 Å². The maximum Gasteiger partial charge on any atom is 0.133 e. The summed E-state index contributed by atoms with van der Waals surface area (Å²) < 4.78 is 6.42. The van der Waals surface area contributed by atoms with E-state index >= 15 is 0 Å². The molecule has 2 aromatic rings. The van der Waals surface area contributed by atoms with Crippen molar-refractivity contribution in [1.29, 1.82) is 0 Å². The quantitative estimate of drug-likeness (QED) is 0.286. The molecular formula is C29H40O2.